The smallest absolute Gasteiger partial charge is 0.243 e. The minimum atomic E-state index is -3.50. The molecule has 156 valence electrons. The van der Waals surface area contributed by atoms with Gasteiger partial charge in [-0.3, -0.25) is 4.79 Å². The Morgan fingerprint density at radius 1 is 1.07 bits per heavy atom. The number of nitrogens with zero attached hydrogens (tertiary/aromatic N) is 2. The fourth-order valence-electron chi connectivity index (χ4n) is 4.21. The molecule has 2 aliphatic heterocycles. The lowest BCUT2D eigenvalue weighted by atomic mass is 9.95. The molecule has 1 saturated heterocycles. The molecule has 7 heteroatoms. The van der Waals surface area contributed by atoms with Crippen LogP contribution in [0.15, 0.2) is 40.6 Å². The van der Waals surface area contributed by atoms with Crippen molar-refractivity contribution in [3.05, 3.63) is 51.7 Å². The molecule has 0 atom stereocenters. The molecule has 0 bridgehead atoms. The first-order valence-electron chi connectivity index (χ1n) is 10.3. The van der Waals surface area contributed by atoms with E-state index in [-0.39, 0.29) is 11.8 Å². The van der Waals surface area contributed by atoms with Gasteiger partial charge in [-0.15, -0.1) is 11.3 Å². The molecular formula is C22H28N2O3S2. The number of hydrogen-bond donors (Lipinski definition) is 0. The summed E-state index contributed by atoms with van der Waals surface area (Å²) in [7, 11) is -3.50. The van der Waals surface area contributed by atoms with E-state index in [0.29, 0.717) is 43.3 Å². The zero-order chi connectivity index (χ0) is 20.6. The van der Waals surface area contributed by atoms with Crippen molar-refractivity contribution in [2.75, 3.05) is 19.6 Å². The molecule has 1 aromatic carbocycles. The van der Waals surface area contributed by atoms with E-state index in [1.54, 1.807) is 23.5 Å². The molecule has 0 N–H and O–H groups in total. The summed E-state index contributed by atoms with van der Waals surface area (Å²) in [5, 5.41) is 2.09. The van der Waals surface area contributed by atoms with Gasteiger partial charge in [-0.05, 0) is 59.9 Å². The van der Waals surface area contributed by atoms with Crippen LogP contribution in [-0.4, -0.2) is 43.2 Å². The molecule has 0 spiro atoms. The lowest BCUT2D eigenvalue weighted by Gasteiger charge is -2.35. The summed E-state index contributed by atoms with van der Waals surface area (Å²) >= 11 is 1.77. The number of hydrogen-bond acceptors (Lipinski definition) is 4. The van der Waals surface area contributed by atoms with Gasteiger partial charge in [0.25, 0.3) is 0 Å². The number of amides is 1. The first-order chi connectivity index (χ1) is 13.9. The highest BCUT2D eigenvalue weighted by Crippen LogP contribution is 2.29. The van der Waals surface area contributed by atoms with Crippen molar-refractivity contribution in [2.45, 2.75) is 50.5 Å². The molecule has 0 saturated carbocycles. The third-order valence-electron chi connectivity index (χ3n) is 6.11. The standard InChI is InChI=1S/C22H28N2O3S2/c1-16(2)17-3-5-20(6-4-17)29(26,27)24-12-7-18(8-13-24)22(25)23-11-9-21-19(15-23)10-14-28-21/h3-6,10,14,16,18H,7-9,11-13,15H2,1-2H3. The van der Waals surface area contributed by atoms with Crippen LogP contribution in [0.2, 0.25) is 0 Å². The van der Waals surface area contributed by atoms with Crippen LogP contribution in [0.25, 0.3) is 0 Å². The zero-order valence-corrected chi connectivity index (χ0v) is 18.6. The molecule has 1 amide bonds. The van der Waals surface area contributed by atoms with Gasteiger partial charge in [0.1, 0.15) is 0 Å². The Kier molecular flexibility index (Phi) is 5.82. The van der Waals surface area contributed by atoms with Crippen LogP contribution in [-0.2, 0) is 27.8 Å². The second kappa shape index (κ2) is 8.20. The Bertz CT molecular complexity index is 972. The van der Waals surface area contributed by atoms with Gasteiger partial charge in [-0.25, -0.2) is 8.42 Å². The molecular weight excluding hydrogens is 404 g/mol. The summed E-state index contributed by atoms with van der Waals surface area (Å²) in [5.74, 6) is 0.471. The maximum absolute atomic E-state index is 13.0. The number of benzene rings is 1. The topological polar surface area (TPSA) is 57.7 Å². The number of carbonyl (C=O) groups excluding carboxylic acids is 1. The van der Waals surface area contributed by atoms with Crippen LogP contribution >= 0.6 is 11.3 Å². The molecule has 2 aromatic rings. The average molecular weight is 433 g/mol. The van der Waals surface area contributed by atoms with E-state index in [4.69, 9.17) is 0 Å². The SMILES string of the molecule is CC(C)c1ccc(S(=O)(=O)N2CCC(C(=O)N3CCc4sccc4C3)CC2)cc1. The Hall–Kier alpha value is -1.70. The van der Waals surface area contributed by atoms with E-state index in [1.807, 2.05) is 17.0 Å². The van der Waals surface area contributed by atoms with Gasteiger partial charge >= 0.3 is 0 Å². The Labute approximate surface area is 177 Å². The maximum atomic E-state index is 13.0. The highest BCUT2D eigenvalue weighted by molar-refractivity contribution is 7.89. The van der Waals surface area contributed by atoms with Crippen LogP contribution in [0.4, 0.5) is 0 Å². The number of thiophene rings is 1. The predicted octanol–water partition coefficient (Wildman–Crippen LogP) is 3.86. The highest BCUT2D eigenvalue weighted by atomic mass is 32.2. The summed E-state index contributed by atoms with van der Waals surface area (Å²) in [4.78, 5) is 16.7. The highest BCUT2D eigenvalue weighted by Gasteiger charge is 2.34. The molecule has 2 aliphatic rings. The van der Waals surface area contributed by atoms with Crippen LogP contribution < -0.4 is 0 Å². The Balaban J connectivity index is 1.38. The molecule has 3 heterocycles. The molecule has 5 nitrogen and oxygen atoms in total. The van der Waals surface area contributed by atoms with Crippen molar-refractivity contribution in [1.82, 2.24) is 9.21 Å². The lowest BCUT2D eigenvalue weighted by molar-refractivity contribution is -0.137. The van der Waals surface area contributed by atoms with Gasteiger partial charge in [0.15, 0.2) is 0 Å². The number of fused-ring (bicyclic) bond motifs is 1. The zero-order valence-electron chi connectivity index (χ0n) is 17.0. The average Bonchev–Trinajstić information content (AvgIpc) is 3.21. The summed E-state index contributed by atoms with van der Waals surface area (Å²) < 4.78 is 27.5. The summed E-state index contributed by atoms with van der Waals surface area (Å²) in [6.45, 7) is 6.45. The van der Waals surface area contributed by atoms with Crippen molar-refractivity contribution >= 4 is 27.3 Å². The van der Waals surface area contributed by atoms with Crippen LogP contribution in [0.3, 0.4) is 0 Å². The van der Waals surface area contributed by atoms with Gasteiger partial charge in [0, 0.05) is 37.0 Å². The first kappa shape index (κ1) is 20.6. The molecule has 29 heavy (non-hydrogen) atoms. The first-order valence-corrected chi connectivity index (χ1v) is 12.6. The Morgan fingerprint density at radius 2 is 1.76 bits per heavy atom. The Morgan fingerprint density at radius 3 is 2.41 bits per heavy atom. The van der Waals surface area contributed by atoms with E-state index in [2.05, 4.69) is 25.3 Å². The summed E-state index contributed by atoms with van der Waals surface area (Å²) in [6, 6.07) is 9.30. The van der Waals surface area contributed by atoms with Crippen LogP contribution in [0, 0.1) is 5.92 Å². The molecule has 4 rings (SSSR count). The minimum absolute atomic E-state index is 0.0787. The van der Waals surface area contributed by atoms with Crippen molar-refractivity contribution in [2.24, 2.45) is 5.92 Å². The number of piperidine rings is 1. The third-order valence-corrected chi connectivity index (χ3v) is 9.04. The van der Waals surface area contributed by atoms with E-state index in [0.717, 1.165) is 18.5 Å². The summed E-state index contributed by atoms with van der Waals surface area (Å²) in [6.07, 6.45) is 2.11. The van der Waals surface area contributed by atoms with E-state index in [9.17, 15) is 13.2 Å². The maximum Gasteiger partial charge on any atom is 0.243 e. The van der Waals surface area contributed by atoms with Crippen molar-refractivity contribution < 1.29 is 13.2 Å². The third kappa shape index (κ3) is 4.13. The fraction of sp³-hybridized carbons (Fsp3) is 0.500. The van der Waals surface area contributed by atoms with E-state index >= 15 is 0 Å². The normalized spacial score (nSPS) is 18.8. The molecule has 0 radical (unpaired) electrons. The van der Waals surface area contributed by atoms with Gasteiger partial charge in [-0.1, -0.05) is 26.0 Å². The van der Waals surface area contributed by atoms with Crippen molar-refractivity contribution in [1.29, 1.82) is 0 Å². The van der Waals surface area contributed by atoms with Gasteiger partial charge in [-0.2, -0.15) is 4.31 Å². The predicted molar refractivity (Wildman–Crippen MR) is 115 cm³/mol. The number of carbonyl (C=O) groups is 1. The molecule has 1 fully saturated rings. The second-order valence-electron chi connectivity index (χ2n) is 8.28. The monoisotopic (exact) mass is 432 g/mol. The largest absolute Gasteiger partial charge is 0.338 e. The lowest BCUT2D eigenvalue weighted by Crippen LogP contribution is -2.45. The van der Waals surface area contributed by atoms with Gasteiger partial charge < -0.3 is 4.90 Å². The van der Waals surface area contributed by atoms with Gasteiger partial charge in [0.2, 0.25) is 15.9 Å². The molecule has 0 unspecified atom stereocenters. The number of rotatable bonds is 4. The molecule has 0 aliphatic carbocycles. The second-order valence-corrected chi connectivity index (χ2v) is 11.2. The van der Waals surface area contributed by atoms with E-state index in [1.165, 1.54) is 14.7 Å². The van der Waals surface area contributed by atoms with Gasteiger partial charge in [0.05, 0.1) is 4.90 Å². The quantitative estimate of drug-likeness (QED) is 0.737. The molecule has 1 aromatic heterocycles. The van der Waals surface area contributed by atoms with Crippen LogP contribution in [0.1, 0.15) is 48.6 Å². The van der Waals surface area contributed by atoms with Crippen LogP contribution in [0.5, 0.6) is 0 Å². The fourth-order valence-corrected chi connectivity index (χ4v) is 6.57. The van der Waals surface area contributed by atoms with E-state index < -0.39 is 10.0 Å². The summed E-state index contributed by atoms with van der Waals surface area (Å²) in [5.41, 5.74) is 2.39. The van der Waals surface area contributed by atoms with Crippen molar-refractivity contribution in [3.63, 3.8) is 0 Å². The number of sulfonamides is 1. The van der Waals surface area contributed by atoms with Crippen molar-refractivity contribution in [3.8, 4) is 0 Å². The minimum Gasteiger partial charge on any atom is -0.338 e.